The minimum atomic E-state index is -0.864. The summed E-state index contributed by atoms with van der Waals surface area (Å²) >= 11 is 0. The molecule has 2 atom stereocenters. The number of carbonyl (C=O) groups excluding carboxylic acids is 2. The predicted molar refractivity (Wildman–Crippen MR) is 140 cm³/mol. The van der Waals surface area contributed by atoms with E-state index in [2.05, 4.69) is 10.4 Å². The highest BCUT2D eigenvalue weighted by Gasteiger charge is 2.38. The lowest BCUT2D eigenvalue weighted by Crippen LogP contribution is -2.47. The lowest BCUT2D eigenvalue weighted by Gasteiger charge is -2.40. The Morgan fingerprint density at radius 1 is 1.16 bits per heavy atom. The van der Waals surface area contributed by atoms with Crippen LogP contribution < -0.4 is 11.1 Å². The van der Waals surface area contributed by atoms with E-state index in [1.54, 1.807) is 6.20 Å². The SMILES string of the molecule is CNC(=O)[C@@H](N)CCN(C(=O)CO)[C@@H](c1nn(-c2cc(F)ccc2F)cc1Cc1ccccc1)C(C)(C)C. The van der Waals surface area contributed by atoms with E-state index in [4.69, 9.17) is 5.73 Å². The monoisotopic (exact) mass is 527 g/mol. The van der Waals surface area contributed by atoms with E-state index < -0.39 is 41.6 Å². The molecule has 3 rings (SSSR count). The average molecular weight is 528 g/mol. The van der Waals surface area contributed by atoms with Crippen molar-refractivity contribution in [2.75, 3.05) is 20.2 Å². The highest BCUT2D eigenvalue weighted by atomic mass is 19.1. The summed E-state index contributed by atoms with van der Waals surface area (Å²) in [5.41, 5.74) is 7.46. The largest absolute Gasteiger partial charge is 0.387 e. The Labute approximate surface area is 221 Å². The number of amides is 2. The molecular formula is C28H35F2N5O3. The molecule has 0 saturated heterocycles. The molecule has 0 aliphatic carbocycles. The Morgan fingerprint density at radius 2 is 1.84 bits per heavy atom. The first-order chi connectivity index (χ1) is 18.0. The van der Waals surface area contributed by atoms with Crippen LogP contribution in [0.4, 0.5) is 8.78 Å². The van der Waals surface area contributed by atoms with Crippen molar-refractivity contribution in [3.05, 3.63) is 83.2 Å². The van der Waals surface area contributed by atoms with Gasteiger partial charge in [-0.05, 0) is 29.5 Å². The highest BCUT2D eigenvalue weighted by molar-refractivity contribution is 5.81. The van der Waals surface area contributed by atoms with E-state index in [0.29, 0.717) is 17.7 Å². The van der Waals surface area contributed by atoms with Gasteiger partial charge >= 0.3 is 0 Å². The van der Waals surface area contributed by atoms with Gasteiger partial charge in [0.05, 0.1) is 17.8 Å². The summed E-state index contributed by atoms with van der Waals surface area (Å²) in [7, 11) is 1.48. The lowest BCUT2D eigenvalue weighted by atomic mass is 9.81. The Balaban J connectivity index is 2.16. The van der Waals surface area contributed by atoms with Gasteiger partial charge < -0.3 is 21.1 Å². The normalized spacial score (nSPS) is 13.2. The number of nitrogens with two attached hydrogens (primary N) is 1. The maximum absolute atomic E-state index is 14.7. The summed E-state index contributed by atoms with van der Waals surface area (Å²) < 4.78 is 30.1. The summed E-state index contributed by atoms with van der Waals surface area (Å²) in [4.78, 5) is 26.5. The third-order valence-corrected chi connectivity index (χ3v) is 6.33. The maximum Gasteiger partial charge on any atom is 0.248 e. The van der Waals surface area contributed by atoms with Gasteiger partial charge in [-0.2, -0.15) is 5.10 Å². The first kappa shape index (κ1) is 28.9. The first-order valence-electron chi connectivity index (χ1n) is 12.4. The molecule has 4 N–H and O–H groups in total. The number of nitrogens with zero attached hydrogens (tertiary/aromatic N) is 3. The number of likely N-dealkylation sites (N-methyl/N-ethyl adjacent to an activating group) is 1. The van der Waals surface area contributed by atoms with Gasteiger partial charge in [-0.15, -0.1) is 0 Å². The number of hydrogen-bond donors (Lipinski definition) is 3. The second-order valence-electron chi connectivity index (χ2n) is 10.3. The number of rotatable bonds is 10. The number of benzene rings is 2. The zero-order chi connectivity index (χ0) is 28.0. The van der Waals surface area contributed by atoms with Crippen LogP contribution in [0.1, 0.15) is 50.1 Å². The molecule has 0 fully saturated rings. The van der Waals surface area contributed by atoms with Crippen molar-refractivity contribution in [3.8, 4) is 5.69 Å². The van der Waals surface area contributed by atoms with Crippen molar-refractivity contribution in [3.63, 3.8) is 0 Å². The Kier molecular flexibility index (Phi) is 9.35. The quantitative estimate of drug-likeness (QED) is 0.375. The van der Waals surface area contributed by atoms with Crippen molar-refractivity contribution in [2.24, 2.45) is 11.1 Å². The van der Waals surface area contributed by atoms with Crippen LogP contribution in [0.3, 0.4) is 0 Å². The fraction of sp³-hybridized carbons (Fsp3) is 0.393. The van der Waals surface area contributed by atoms with E-state index in [-0.39, 0.29) is 24.6 Å². The van der Waals surface area contributed by atoms with Crippen molar-refractivity contribution in [1.82, 2.24) is 20.0 Å². The molecule has 0 aliphatic heterocycles. The fourth-order valence-corrected chi connectivity index (χ4v) is 4.50. The van der Waals surface area contributed by atoms with Crippen LogP contribution in [0.15, 0.2) is 54.7 Å². The molecule has 8 nitrogen and oxygen atoms in total. The molecule has 0 unspecified atom stereocenters. The summed E-state index contributed by atoms with van der Waals surface area (Å²) in [5.74, 6) is -2.20. The number of aliphatic hydroxyl groups excluding tert-OH is 1. The van der Waals surface area contributed by atoms with Crippen LogP contribution >= 0.6 is 0 Å². The Hall–Kier alpha value is -3.63. The standard InChI is InChI=1S/C28H35F2N5O3/c1-28(2,3)26(34(24(37)17-36)13-12-22(31)27(38)32-4)25-19(14-18-8-6-5-7-9-18)16-35(33-25)23-15-20(29)10-11-21(23)30/h5-11,15-16,22,26,36H,12-14,17,31H2,1-4H3,(H,32,38)/t22-,26-/m0/s1. The molecule has 0 bridgehead atoms. The number of carbonyl (C=O) groups is 2. The maximum atomic E-state index is 14.7. The lowest BCUT2D eigenvalue weighted by molar-refractivity contribution is -0.140. The highest BCUT2D eigenvalue weighted by Crippen LogP contribution is 2.40. The van der Waals surface area contributed by atoms with E-state index in [0.717, 1.165) is 23.8 Å². The first-order valence-corrected chi connectivity index (χ1v) is 12.4. The van der Waals surface area contributed by atoms with Gasteiger partial charge in [0.25, 0.3) is 0 Å². The van der Waals surface area contributed by atoms with Crippen LogP contribution in [0.2, 0.25) is 0 Å². The van der Waals surface area contributed by atoms with Gasteiger partial charge in [0.1, 0.15) is 23.9 Å². The second kappa shape index (κ2) is 12.3. The van der Waals surface area contributed by atoms with Crippen molar-refractivity contribution >= 4 is 11.8 Å². The van der Waals surface area contributed by atoms with Crippen LogP contribution in [0, 0.1) is 17.0 Å². The summed E-state index contributed by atoms with van der Waals surface area (Å²) in [6.45, 7) is 5.07. The number of aromatic nitrogens is 2. The number of halogens is 2. The summed E-state index contributed by atoms with van der Waals surface area (Å²) in [6.07, 6.45) is 2.20. The molecule has 10 heteroatoms. The Morgan fingerprint density at radius 3 is 2.45 bits per heavy atom. The van der Waals surface area contributed by atoms with Gasteiger partial charge in [0.2, 0.25) is 11.8 Å². The van der Waals surface area contributed by atoms with E-state index in [9.17, 15) is 23.5 Å². The van der Waals surface area contributed by atoms with Crippen LogP contribution in [0.25, 0.3) is 5.69 Å². The summed E-state index contributed by atoms with van der Waals surface area (Å²) in [6, 6.07) is 11.1. The number of hydrogen-bond acceptors (Lipinski definition) is 5. The van der Waals surface area contributed by atoms with Gasteiger partial charge in [-0.25, -0.2) is 13.5 Å². The van der Waals surface area contributed by atoms with E-state index >= 15 is 0 Å². The van der Waals surface area contributed by atoms with E-state index in [1.165, 1.54) is 16.6 Å². The zero-order valence-electron chi connectivity index (χ0n) is 22.1. The Bertz CT molecular complexity index is 1260. The molecule has 3 aromatic rings. The minimum Gasteiger partial charge on any atom is -0.387 e. The molecular weight excluding hydrogens is 492 g/mol. The average Bonchev–Trinajstić information content (AvgIpc) is 3.28. The number of aliphatic hydroxyl groups is 1. The van der Waals surface area contributed by atoms with Crippen LogP contribution in [-0.4, -0.2) is 57.8 Å². The third-order valence-electron chi connectivity index (χ3n) is 6.33. The van der Waals surface area contributed by atoms with Gasteiger partial charge in [0, 0.05) is 37.8 Å². The molecule has 38 heavy (non-hydrogen) atoms. The number of nitrogens with one attached hydrogen (secondary N) is 1. The molecule has 1 heterocycles. The topological polar surface area (TPSA) is 113 Å². The molecule has 0 spiro atoms. The van der Waals surface area contributed by atoms with Crippen molar-refractivity contribution in [1.29, 1.82) is 0 Å². The predicted octanol–water partition coefficient (Wildman–Crippen LogP) is 3.11. The van der Waals surface area contributed by atoms with Crippen LogP contribution in [0.5, 0.6) is 0 Å². The molecule has 0 aliphatic rings. The summed E-state index contributed by atoms with van der Waals surface area (Å²) in [5, 5.41) is 17.0. The van der Waals surface area contributed by atoms with Gasteiger partial charge in [0.15, 0.2) is 0 Å². The second-order valence-corrected chi connectivity index (χ2v) is 10.3. The molecule has 0 radical (unpaired) electrons. The smallest absolute Gasteiger partial charge is 0.248 e. The van der Waals surface area contributed by atoms with E-state index in [1.807, 2.05) is 51.1 Å². The van der Waals surface area contributed by atoms with Gasteiger partial charge in [-0.3, -0.25) is 9.59 Å². The molecule has 1 aromatic heterocycles. The molecule has 2 aromatic carbocycles. The molecule has 204 valence electrons. The van der Waals surface area contributed by atoms with Crippen molar-refractivity contribution in [2.45, 2.75) is 45.7 Å². The fourth-order valence-electron chi connectivity index (χ4n) is 4.50. The zero-order valence-corrected chi connectivity index (χ0v) is 22.1. The third kappa shape index (κ3) is 6.81. The molecule has 2 amide bonds. The molecule has 0 saturated carbocycles. The minimum absolute atomic E-state index is 0.0695. The van der Waals surface area contributed by atoms with Crippen molar-refractivity contribution < 1.29 is 23.5 Å². The van der Waals surface area contributed by atoms with Crippen LogP contribution in [-0.2, 0) is 16.0 Å². The van der Waals surface area contributed by atoms with Gasteiger partial charge in [-0.1, -0.05) is 51.1 Å².